The number of carbonyl (C=O) groups is 1. The highest BCUT2D eigenvalue weighted by atomic mass is 16.7. The zero-order valence-electron chi connectivity index (χ0n) is 26.8. The molecule has 1 amide bonds. The van der Waals surface area contributed by atoms with Gasteiger partial charge < -0.3 is 24.6 Å². The van der Waals surface area contributed by atoms with E-state index < -0.39 is 0 Å². The van der Waals surface area contributed by atoms with Crippen LogP contribution in [0.5, 0.6) is 0 Å². The molecular weight excluding hydrogens is 510 g/mol. The number of piperazine rings is 1. The number of hydrogen-bond acceptors (Lipinski definition) is 5. The highest BCUT2D eigenvalue weighted by Crippen LogP contribution is 2.71. The quantitative estimate of drug-likeness (QED) is 0.481. The molecule has 3 heterocycles. The summed E-state index contributed by atoms with van der Waals surface area (Å²) >= 11 is 0. The molecule has 0 aromatic carbocycles. The van der Waals surface area contributed by atoms with Crippen LogP contribution in [-0.4, -0.2) is 80.0 Å². The molecule has 41 heavy (non-hydrogen) atoms. The highest BCUT2D eigenvalue weighted by molar-refractivity contribution is 5.76. The van der Waals surface area contributed by atoms with Gasteiger partial charge in [0.05, 0.1) is 12.7 Å². The normalized spacial score (nSPS) is 52.0. The maximum absolute atomic E-state index is 12.9. The molecule has 4 aliphatic carbocycles. The summed E-state index contributed by atoms with van der Waals surface area (Å²) in [5, 5.41) is 3.49. The van der Waals surface area contributed by atoms with Gasteiger partial charge >= 0.3 is 0 Å². The molecule has 0 radical (unpaired) electrons. The minimum atomic E-state index is -0.302. The topological polar surface area (TPSA) is 54.0 Å². The van der Waals surface area contributed by atoms with Gasteiger partial charge in [-0.25, -0.2) is 0 Å². The van der Waals surface area contributed by atoms with Crippen LogP contribution in [0.1, 0.15) is 98.3 Å². The Balaban J connectivity index is 0.964. The molecule has 0 aromatic rings. The van der Waals surface area contributed by atoms with E-state index >= 15 is 0 Å². The molecule has 3 saturated heterocycles. The number of nitrogens with one attached hydrogen (secondary N) is 1. The third-order valence-electron chi connectivity index (χ3n) is 14.5. The molecule has 1 N–H and O–H groups in total. The molecule has 12 atom stereocenters. The molecule has 0 unspecified atom stereocenters. The summed E-state index contributed by atoms with van der Waals surface area (Å²) in [4.78, 5) is 17.8. The summed E-state index contributed by atoms with van der Waals surface area (Å²) in [5.41, 5.74) is 0.846. The Morgan fingerprint density at radius 2 is 1.68 bits per heavy atom. The molecule has 7 rings (SSSR count). The molecule has 6 nitrogen and oxygen atoms in total. The highest BCUT2D eigenvalue weighted by Gasteiger charge is 2.69. The van der Waals surface area contributed by atoms with Gasteiger partial charge in [0.25, 0.3) is 0 Å². The van der Waals surface area contributed by atoms with Gasteiger partial charge in [-0.1, -0.05) is 27.7 Å². The first-order valence-corrected chi connectivity index (χ1v) is 17.6. The molecule has 4 saturated carbocycles. The van der Waals surface area contributed by atoms with Crippen LogP contribution in [-0.2, 0) is 14.3 Å². The molecule has 1 spiro atoms. The van der Waals surface area contributed by atoms with Crippen LogP contribution in [0.25, 0.3) is 0 Å². The third kappa shape index (κ3) is 4.84. The molecule has 0 aromatic heterocycles. The van der Waals surface area contributed by atoms with Gasteiger partial charge in [0.1, 0.15) is 0 Å². The maximum atomic E-state index is 12.9. The van der Waals surface area contributed by atoms with Crippen molar-refractivity contribution in [3.63, 3.8) is 0 Å². The summed E-state index contributed by atoms with van der Waals surface area (Å²) in [6.45, 7) is 16.3. The Bertz CT molecular complexity index is 974. The van der Waals surface area contributed by atoms with Crippen molar-refractivity contribution >= 4 is 5.91 Å². The van der Waals surface area contributed by atoms with E-state index in [1.165, 1.54) is 57.8 Å². The van der Waals surface area contributed by atoms with E-state index in [0.29, 0.717) is 47.2 Å². The van der Waals surface area contributed by atoms with Crippen LogP contribution in [0.2, 0.25) is 0 Å². The van der Waals surface area contributed by atoms with Gasteiger partial charge in [-0.2, -0.15) is 0 Å². The van der Waals surface area contributed by atoms with E-state index in [9.17, 15) is 4.79 Å². The molecular formula is C35H59N3O3. The number of likely N-dealkylation sites (N-methyl/N-ethyl adjacent to an activating group) is 1. The van der Waals surface area contributed by atoms with Crippen LogP contribution >= 0.6 is 0 Å². The van der Waals surface area contributed by atoms with Crippen LogP contribution in [0.3, 0.4) is 0 Å². The van der Waals surface area contributed by atoms with Crippen LogP contribution in [0.15, 0.2) is 0 Å². The number of rotatable bonds is 4. The third-order valence-corrected chi connectivity index (χ3v) is 14.5. The van der Waals surface area contributed by atoms with E-state index in [-0.39, 0.29) is 11.7 Å². The minimum absolute atomic E-state index is 0.278. The fraction of sp³-hybridized carbons (Fsp3) is 0.971. The number of fused-ring (bicyclic) bond motifs is 7. The zero-order chi connectivity index (χ0) is 28.6. The van der Waals surface area contributed by atoms with E-state index in [1.807, 2.05) is 0 Å². The van der Waals surface area contributed by atoms with Gasteiger partial charge in [0.15, 0.2) is 5.79 Å². The lowest BCUT2D eigenvalue weighted by molar-refractivity contribution is -0.273. The number of hydrogen-bond donors (Lipinski definition) is 1. The van der Waals surface area contributed by atoms with E-state index in [2.05, 4.69) is 49.9 Å². The Hall–Kier alpha value is -0.690. The van der Waals surface area contributed by atoms with E-state index in [1.54, 1.807) is 0 Å². The fourth-order valence-corrected chi connectivity index (χ4v) is 12.0. The Kier molecular flexibility index (Phi) is 7.60. The predicted octanol–water partition coefficient (Wildman–Crippen LogP) is 5.56. The summed E-state index contributed by atoms with van der Waals surface area (Å²) < 4.78 is 13.5. The van der Waals surface area contributed by atoms with Gasteiger partial charge in [-0.15, -0.1) is 0 Å². The summed E-state index contributed by atoms with van der Waals surface area (Å²) in [6, 6.07) is 0.382. The summed E-state index contributed by atoms with van der Waals surface area (Å²) in [7, 11) is 2.19. The monoisotopic (exact) mass is 569 g/mol. The molecule has 7 fully saturated rings. The van der Waals surface area contributed by atoms with Crippen LogP contribution in [0, 0.1) is 52.3 Å². The van der Waals surface area contributed by atoms with Crippen molar-refractivity contribution < 1.29 is 14.3 Å². The number of carbonyl (C=O) groups excluding carboxylic acids is 1. The van der Waals surface area contributed by atoms with Gasteiger partial charge in [-0.3, -0.25) is 4.79 Å². The molecule has 3 aliphatic heterocycles. The number of nitrogens with zero attached hydrogens (tertiary/aromatic N) is 2. The Morgan fingerprint density at radius 3 is 2.44 bits per heavy atom. The van der Waals surface area contributed by atoms with E-state index in [4.69, 9.17) is 9.47 Å². The molecule has 232 valence electrons. The first-order chi connectivity index (χ1) is 19.6. The second-order valence-electron chi connectivity index (χ2n) is 16.6. The van der Waals surface area contributed by atoms with Crippen molar-refractivity contribution in [2.45, 2.75) is 116 Å². The van der Waals surface area contributed by atoms with Crippen molar-refractivity contribution in [1.82, 2.24) is 15.1 Å². The zero-order valence-corrected chi connectivity index (χ0v) is 26.8. The average Bonchev–Trinajstić information content (AvgIpc) is 3.40. The van der Waals surface area contributed by atoms with E-state index in [0.717, 1.165) is 69.4 Å². The first kappa shape index (κ1) is 29.0. The smallest absolute Gasteiger partial charge is 0.221 e. The standard InChI is InChI=1S/C35H59N3O3/c1-23-8-14-35(40-22-23)24(2)32-30(41-35)21-29-27-7-6-25-20-26(9-12-33(25,3)28(27)10-13-34(29,32)4)36-31(39)11-15-38-18-16-37(5)17-19-38/h23-30,32H,6-22H2,1-5H3,(H,36,39)/t23-,24+,25-,26-,27-,28+,29+,30+,32+,33+,34+,35-/m1/s1. The number of ether oxygens (including phenoxy) is 2. The fourth-order valence-electron chi connectivity index (χ4n) is 12.0. The molecule has 6 heteroatoms. The Labute approximate surface area is 250 Å². The number of amides is 1. The second-order valence-corrected chi connectivity index (χ2v) is 16.6. The van der Waals surface area contributed by atoms with Crippen molar-refractivity contribution in [3.05, 3.63) is 0 Å². The predicted molar refractivity (Wildman–Crippen MR) is 162 cm³/mol. The molecule has 7 aliphatic rings. The summed E-state index contributed by atoms with van der Waals surface area (Å²) in [5.74, 6) is 5.09. The van der Waals surface area contributed by atoms with Gasteiger partial charge in [0, 0.05) is 57.5 Å². The molecule has 0 bridgehead atoms. The SMILES string of the molecule is C[C@@H]1CC[C@@]2(OC1)O[C@H]1C[C@H]3[C@@H]4CC[C@@H]5C[C@H](NC(=O)CCN6CCN(C)CC6)CC[C@]5(C)[C@H]4CC[C@]3(C)[C@H]1[C@@H]2C. The van der Waals surface area contributed by atoms with Crippen LogP contribution < -0.4 is 5.32 Å². The lowest BCUT2D eigenvalue weighted by atomic mass is 9.44. The lowest BCUT2D eigenvalue weighted by Gasteiger charge is -2.61. The Morgan fingerprint density at radius 1 is 0.902 bits per heavy atom. The first-order valence-electron chi connectivity index (χ1n) is 17.6. The van der Waals surface area contributed by atoms with Crippen molar-refractivity contribution in [2.75, 3.05) is 46.4 Å². The summed E-state index contributed by atoms with van der Waals surface area (Å²) in [6.07, 6.45) is 13.8. The van der Waals surface area contributed by atoms with Gasteiger partial charge in [-0.05, 0) is 111 Å². The van der Waals surface area contributed by atoms with Crippen LogP contribution in [0.4, 0.5) is 0 Å². The lowest BCUT2D eigenvalue weighted by Crippen LogP contribution is -2.56. The van der Waals surface area contributed by atoms with Gasteiger partial charge in [0.2, 0.25) is 5.91 Å². The largest absolute Gasteiger partial charge is 0.353 e. The van der Waals surface area contributed by atoms with Crippen molar-refractivity contribution in [3.8, 4) is 0 Å². The van der Waals surface area contributed by atoms with Crippen molar-refractivity contribution in [1.29, 1.82) is 0 Å². The second kappa shape index (κ2) is 10.7. The van der Waals surface area contributed by atoms with Crippen molar-refractivity contribution in [2.24, 2.45) is 52.3 Å². The maximum Gasteiger partial charge on any atom is 0.221 e. The minimum Gasteiger partial charge on any atom is -0.353 e. The average molecular weight is 570 g/mol.